The lowest BCUT2D eigenvalue weighted by atomic mass is 9.86. The first kappa shape index (κ1) is 16.1. The van der Waals surface area contributed by atoms with Crippen molar-refractivity contribution in [3.05, 3.63) is 59.7 Å². The van der Waals surface area contributed by atoms with Gasteiger partial charge in [0.2, 0.25) is 0 Å². The van der Waals surface area contributed by atoms with Crippen LogP contribution in [0.4, 0.5) is 0 Å². The maximum absolute atomic E-state index is 12.8. The smallest absolute Gasteiger partial charge is 0.147 e. The van der Waals surface area contributed by atoms with E-state index in [2.05, 4.69) is 0 Å². The van der Waals surface area contributed by atoms with Crippen LogP contribution in [0, 0.1) is 0 Å². The minimum Gasteiger partial charge on any atom is -0.497 e. The first-order valence-corrected chi connectivity index (χ1v) is 7.38. The number of benzene rings is 2. The van der Waals surface area contributed by atoms with E-state index in [0.29, 0.717) is 0 Å². The number of ketones is 1. The van der Waals surface area contributed by atoms with Crippen molar-refractivity contribution in [3.63, 3.8) is 0 Å². The fourth-order valence-corrected chi connectivity index (χ4v) is 2.53. The Balaban J connectivity index is 2.21. The molecule has 22 heavy (non-hydrogen) atoms. The predicted molar refractivity (Wildman–Crippen MR) is 87.8 cm³/mol. The van der Waals surface area contributed by atoms with Crippen LogP contribution in [0.25, 0.3) is 0 Å². The summed E-state index contributed by atoms with van der Waals surface area (Å²) in [5.41, 5.74) is 1.94. The molecule has 0 fully saturated rings. The lowest BCUT2D eigenvalue weighted by molar-refractivity contribution is -0.121. The topological polar surface area (TPSA) is 35.5 Å². The number of hydrogen-bond donors (Lipinski definition) is 0. The van der Waals surface area contributed by atoms with Crippen LogP contribution in [0.15, 0.2) is 48.5 Å². The van der Waals surface area contributed by atoms with Crippen molar-refractivity contribution in [3.8, 4) is 11.5 Å². The number of ether oxygens (including phenoxy) is 2. The van der Waals surface area contributed by atoms with E-state index >= 15 is 0 Å². The molecular formula is C19H22O3. The molecule has 0 aliphatic heterocycles. The fourth-order valence-electron chi connectivity index (χ4n) is 2.53. The number of carbonyl (C=O) groups excluding carboxylic acids is 1. The third kappa shape index (κ3) is 3.48. The van der Waals surface area contributed by atoms with Gasteiger partial charge in [0, 0.05) is 11.8 Å². The molecule has 0 heterocycles. The molecule has 2 unspecified atom stereocenters. The summed E-state index contributed by atoms with van der Waals surface area (Å²) in [4.78, 5) is 12.8. The van der Waals surface area contributed by atoms with Gasteiger partial charge in [0.25, 0.3) is 0 Å². The Morgan fingerprint density at radius 2 is 1.23 bits per heavy atom. The summed E-state index contributed by atoms with van der Waals surface area (Å²) >= 11 is 0. The van der Waals surface area contributed by atoms with Crippen LogP contribution in [-0.4, -0.2) is 20.0 Å². The van der Waals surface area contributed by atoms with Crippen molar-refractivity contribution in [2.75, 3.05) is 14.2 Å². The van der Waals surface area contributed by atoms with Crippen molar-refractivity contribution in [2.45, 2.75) is 25.7 Å². The summed E-state index contributed by atoms with van der Waals surface area (Å²) in [6, 6.07) is 15.3. The Morgan fingerprint density at radius 1 is 0.818 bits per heavy atom. The predicted octanol–water partition coefficient (Wildman–Crippen LogP) is 4.18. The van der Waals surface area contributed by atoms with E-state index in [1.165, 1.54) is 0 Å². The second kappa shape index (κ2) is 7.12. The van der Waals surface area contributed by atoms with Crippen molar-refractivity contribution >= 4 is 5.78 Å². The second-order valence-electron chi connectivity index (χ2n) is 5.40. The van der Waals surface area contributed by atoms with E-state index in [9.17, 15) is 4.79 Å². The lowest BCUT2D eigenvalue weighted by Crippen LogP contribution is -2.16. The Labute approximate surface area is 131 Å². The van der Waals surface area contributed by atoms with E-state index < -0.39 is 0 Å². The molecule has 0 spiro atoms. The number of Topliss-reactive ketones (excluding diaryl/α,β-unsaturated/α-hetero) is 1. The van der Waals surface area contributed by atoms with Gasteiger partial charge < -0.3 is 9.47 Å². The molecule has 2 rings (SSSR count). The van der Waals surface area contributed by atoms with Gasteiger partial charge in [-0.15, -0.1) is 0 Å². The van der Waals surface area contributed by atoms with Gasteiger partial charge in [-0.05, 0) is 35.4 Å². The Hall–Kier alpha value is -2.29. The zero-order chi connectivity index (χ0) is 16.1. The van der Waals surface area contributed by atoms with Crippen LogP contribution in [-0.2, 0) is 4.79 Å². The van der Waals surface area contributed by atoms with E-state index in [-0.39, 0.29) is 17.6 Å². The SMILES string of the molecule is COc1cccc(C(C)C(=O)C(C)c2cccc(OC)c2)c1. The van der Waals surface area contributed by atoms with Gasteiger partial charge in [0.1, 0.15) is 17.3 Å². The Kier molecular flexibility index (Phi) is 5.21. The van der Waals surface area contributed by atoms with Gasteiger partial charge in [-0.3, -0.25) is 4.79 Å². The molecule has 0 aliphatic carbocycles. The molecule has 0 bridgehead atoms. The number of rotatable bonds is 6. The molecule has 0 saturated carbocycles. The molecular weight excluding hydrogens is 276 g/mol. The molecule has 116 valence electrons. The van der Waals surface area contributed by atoms with Crippen LogP contribution in [0.1, 0.15) is 36.8 Å². The van der Waals surface area contributed by atoms with E-state index in [0.717, 1.165) is 22.6 Å². The summed E-state index contributed by atoms with van der Waals surface area (Å²) in [6.45, 7) is 3.88. The van der Waals surface area contributed by atoms with Crippen LogP contribution < -0.4 is 9.47 Å². The zero-order valence-electron chi connectivity index (χ0n) is 13.5. The van der Waals surface area contributed by atoms with Crippen LogP contribution in [0.2, 0.25) is 0 Å². The second-order valence-corrected chi connectivity index (χ2v) is 5.40. The Bertz CT molecular complexity index is 593. The molecule has 2 aromatic carbocycles. The summed E-state index contributed by atoms with van der Waals surface area (Å²) in [6.07, 6.45) is 0. The minimum atomic E-state index is -0.184. The average Bonchev–Trinajstić information content (AvgIpc) is 2.59. The first-order valence-electron chi connectivity index (χ1n) is 7.38. The largest absolute Gasteiger partial charge is 0.497 e. The van der Waals surface area contributed by atoms with E-state index in [1.54, 1.807) is 14.2 Å². The molecule has 3 heteroatoms. The zero-order valence-corrected chi connectivity index (χ0v) is 13.5. The monoisotopic (exact) mass is 298 g/mol. The summed E-state index contributed by atoms with van der Waals surface area (Å²) < 4.78 is 10.5. The minimum absolute atomic E-state index is 0.182. The summed E-state index contributed by atoms with van der Waals surface area (Å²) in [7, 11) is 3.26. The summed E-state index contributed by atoms with van der Waals surface area (Å²) in [5.74, 6) is 1.35. The maximum Gasteiger partial charge on any atom is 0.147 e. The molecule has 0 saturated heterocycles. The van der Waals surface area contributed by atoms with Crippen molar-refractivity contribution in [2.24, 2.45) is 0 Å². The summed E-state index contributed by atoms with van der Waals surface area (Å²) in [5, 5.41) is 0. The molecule has 0 N–H and O–H groups in total. The van der Waals surface area contributed by atoms with Gasteiger partial charge in [-0.25, -0.2) is 0 Å². The number of carbonyl (C=O) groups is 1. The quantitative estimate of drug-likeness (QED) is 0.802. The van der Waals surface area contributed by atoms with Crippen molar-refractivity contribution in [1.29, 1.82) is 0 Å². The third-order valence-electron chi connectivity index (χ3n) is 4.04. The molecule has 0 amide bonds. The third-order valence-corrected chi connectivity index (χ3v) is 4.04. The molecule has 2 aromatic rings. The molecule has 0 aliphatic rings. The molecule has 2 atom stereocenters. The highest BCUT2D eigenvalue weighted by Gasteiger charge is 2.23. The molecule has 0 aromatic heterocycles. The molecule has 0 radical (unpaired) electrons. The average molecular weight is 298 g/mol. The highest BCUT2D eigenvalue weighted by molar-refractivity contribution is 5.91. The van der Waals surface area contributed by atoms with Crippen molar-refractivity contribution < 1.29 is 14.3 Å². The van der Waals surface area contributed by atoms with Gasteiger partial charge in [0.15, 0.2) is 0 Å². The van der Waals surface area contributed by atoms with Gasteiger partial charge >= 0.3 is 0 Å². The highest BCUT2D eigenvalue weighted by atomic mass is 16.5. The maximum atomic E-state index is 12.8. The Morgan fingerprint density at radius 3 is 1.59 bits per heavy atom. The normalized spacial score (nSPS) is 13.3. The standard InChI is InChI=1S/C19H22O3/c1-13(15-7-5-9-17(11-15)21-3)19(20)14(2)16-8-6-10-18(12-16)22-4/h5-14H,1-4H3. The van der Waals surface area contributed by atoms with Crippen molar-refractivity contribution in [1.82, 2.24) is 0 Å². The fraction of sp³-hybridized carbons (Fsp3) is 0.316. The first-order chi connectivity index (χ1) is 10.6. The van der Waals surface area contributed by atoms with E-state index in [4.69, 9.17) is 9.47 Å². The van der Waals surface area contributed by atoms with Gasteiger partial charge in [-0.2, -0.15) is 0 Å². The molecule has 3 nitrogen and oxygen atoms in total. The highest BCUT2D eigenvalue weighted by Crippen LogP contribution is 2.29. The van der Waals surface area contributed by atoms with Gasteiger partial charge in [-0.1, -0.05) is 38.1 Å². The van der Waals surface area contributed by atoms with Crippen LogP contribution in [0.5, 0.6) is 11.5 Å². The van der Waals surface area contributed by atoms with E-state index in [1.807, 2.05) is 62.4 Å². The van der Waals surface area contributed by atoms with Crippen LogP contribution in [0.3, 0.4) is 0 Å². The van der Waals surface area contributed by atoms with Gasteiger partial charge in [0.05, 0.1) is 14.2 Å². The van der Waals surface area contributed by atoms with Crippen LogP contribution >= 0.6 is 0 Å². The lowest BCUT2D eigenvalue weighted by Gasteiger charge is -2.18. The number of methoxy groups -OCH3 is 2. The number of hydrogen-bond acceptors (Lipinski definition) is 3.